The molecular formula is C14H18BrNO4. The first-order valence-electron chi connectivity index (χ1n) is 6.04. The summed E-state index contributed by atoms with van der Waals surface area (Å²) in [5.74, 6) is 0.00210. The van der Waals surface area contributed by atoms with Gasteiger partial charge in [-0.2, -0.15) is 0 Å². The number of amides is 1. The van der Waals surface area contributed by atoms with Crippen molar-refractivity contribution in [2.24, 2.45) is 0 Å². The van der Waals surface area contributed by atoms with E-state index in [9.17, 15) is 14.7 Å². The number of ether oxygens (including phenoxy) is 1. The smallest absolute Gasteiger partial charge is 0.408 e. The van der Waals surface area contributed by atoms with Crippen molar-refractivity contribution in [2.45, 2.75) is 38.8 Å². The molecule has 6 heteroatoms. The number of hydrogen-bond donors (Lipinski definition) is 2. The fourth-order valence-corrected chi connectivity index (χ4v) is 2.25. The number of alkyl carbamates (subject to hydrolysis) is 1. The molecule has 5 nitrogen and oxygen atoms in total. The van der Waals surface area contributed by atoms with Gasteiger partial charge < -0.3 is 20.0 Å². The Labute approximate surface area is 126 Å². The molecule has 0 radical (unpaired) electrons. The van der Waals surface area contributed by atoms with Gasteiger partial charge in [-0.15, -0.1) is 0 Å². The van der Waals surface area contributed by atoms with E-state index in [0.717, 1.165) is 0 Å². The highest BCUT2D eigenvalue weighted by Gasteiger charge is 2.32. The van der Waals surface area contributed by atoms with Crippen LogP contribution in [-0.2, 0) is 15.1 Å². The van der Waals surface area contributed by atoms with E-state index in [1.165, 1.54) is 19.1 Å². The van der Waals surface area contributed by atoms with Gasteiger partial charge in [-0.3, -0.25) is 0 Å². The largest absolute Gasteiger partial charge is 0.508 e. The van der Waals surface area contributed by atoms with Crippen molar-refractivity contribution in [3.63, 3.8) is 0 Å². The Kier molecular flexibility index (Phi) is 4.81. The molecule has 0 saturated carbocycles. The molecule has 0 aliphatic rings. The minimum absolute atomic E-state index is 0.00210. The maximum Gasteiger partial charge on any atom is 0.408 e. The Balaban J connectivity index is 3.06. The van der Waals surface area contributed by atoms with Crippen LogP contribution < -0.4 is 5.32 Å². The number of phenolic OH excluding ortho intramolecular Hbond substituents is 1. The van der Waals surface area contributed by atoms with Gasteiger partial charge in [0.2, 0.25) is 0 Å². The summed E-state index contributed by atoms with van der Waals surface area (Å²) in [7, 11) is 0. The predicted octanol–water partition coefficient (Wildman–Crippen LogP) is 3.09. The standard InChI is InChI=1S/C14H18BrNO4/c1-13(2,3)20-12(19)16-14(4,8-17)10-7-9(18)5-6-11(10)15/h5-8,18H,1-4H3,(H,16,19). The van der Waals surface area contributed by atoms with Gasteiger partial charge in [0.25, 0.3) is 0 Å². The van der Waals surface area contributed by atoms with Crippen LogP contribution in [0, 0.1) is 0 Å². The number of nitrogens with one attached hydrogen (secondary N) is 1. The molecular weight excluding hydrogens is 326 g/mol. The van der Waals surface area contributed by atoms with Crippen LogP contribution in [0.5, 0.6) is 5.75 Å². The third-order valence-corrected chi connectivity index (χ3v) is 3.20. The summed E-state index contributed by atoms with van der Waals surface area (Å²) in [5, 5.41) is 12.0. The zero-order valence-electron chi connectivity index (χ0n) is 11.9. The number of hydrogen-bond acceptors (Lipinski definition) is 4. The van der Waals surface area contributed by atoms with E-state index in [0.29, 0.717) is 16.3 Å². The summed E-state index contributed by atoms with van der Waals surface area (Å²) in [5.41, 5.74) is -1.53. The number of aldehydes is 1. The average molecular weight is 344 g/mol. The molecule has 0 fully saturated rings. The highest BCUT2D eigenvalue weighted by atomic mass is 79.9. The normalized spacial score (nSPS) is 14.2. The van der Waals surface area contributed by atoms with Crippen molar-refractivity contribution in [1.29, 1.82) is 0 Å². The Morgan fingerprint density at radius 2 is 1.95 bits per heavy atom. The van der Waals surface area contributed by atoms with Crippen LogP contribution in [0.25, 0.3) is 0 Å². The van der Waals surface area contributed by atoms with Crippen LogP contribution in [-0.4, -0.2) is 23.1 Å². The van der Waals surface area contributed by atoms with Gasteiger partial charge in [0, 0.05) is 10.0 Å². The Bertz CT molecular complexity index is 524. The summed E-state index contributed by atoms with van der Waals surface area (Å²) >= 11 is 3.30. The number of phenols is 1. The lowest BCUT2D eigenvalue weighted by Crippen LogP contribution is -2.47. The molecule has 0 aliphatic heterocycles. The SMILES string of the molecule is CC(C)(C)OC(=O)NC(C)(C=O)c1cc(O)ccc1Br. The van der Waals surface area contributed by atoms with E-state index in [1.54, 1.807) is 26.8 Å². The number of halogens is 1. The first-order chi connectivity index (χ1) is 9.07. The highest BCUT2D eigenvalue weighted by Crippen LogP contribution is 2.30. The van der Waals surface area contributed by atoms with E-state index in [2.05, 4.69) is 21.2 Å². The summed E-state index contributed by atoms with van der Waals surface area (Å²) in [6.45, 7) is 6.72. The van der Waals surface area contributed by atoms with Crippen LogP contribution in [0.4, 0.5) is 4.79 Å². The third-order valence-electron chi connectivity index (χ3n) is 2.51. The monoisotopic (exact) mass is 343 g/mol. The van der Waals surface area contributed by atoms with Gasteiger partial charge in [0.1, 0.15) is 23.2 Å². The molecule has 1 aromatic rings. The Morgan fingerprint density at radius 3 is 2.45 bits per heavy atom. The molecule has 0 bridgehead atoms. The highest BCUT2D eigenvalue weighted by molar-refractivity contribution is 9.10. The minimum Gasteiger partial charge on any atom is -0.508 e. The van der Waals surface area contributed by atoms with Gasteiger partial charge >= 0.3 is 6.09 Å². The number of benzene rings is 1. The molecule has 1 aromatic carbocycles. The summed E-state index contributed by atoms with van der Waals surface area (Å²) in [6, 6.07) is 4.49. The molecule has 20 heavy (non-hydrogen) atoms. The molecule has 110 valence electrons. The van der Waals surface area contributed by atoms with Crippen LogP contribution >= 0.6 is 15.9 Å². The molecule has 1 atom stereocenters. The lowest BCUT2D eigenvalue weighted by Gasteiger charge is -2.28. The second kappa shape index (κ2) is 5.83. The van der Waals surface area contributed by atoms with Crippen LogP contribution in [0.2, 0.25) is 0 Å². The van der Waals surface area contributed by atoms with E-state index >= 15 is 0 Å². The predicted molar refractivity (Wildman–Crippen MR) is 78.6 cm³/mol. The zero-order valence-corrected chi connectivity index (χ0v) is 13.4. The van der Waals surface area contributed by atoms with Gasteiger partial charge in [-0.1, -0.05) is 15.9 Å². The van der Waals surface area contributed by atoms with Crippen molar-refractivity contribution in [3.8, 4) is 5.75 Å². The first-order valence-corrected chi connectivity index (χ1v) is 6.83. The Hall–Kier alpha value is -1.56. The van der Waals surface area contributed by atoms with Crippen molar-refractivity contribution in [3.05, 3.63) is 28.2 Å². The van der Waals surface area contributed by atoms with E-state index in [1.807, 2.05) is 0 Å². The molecule has 1 rings (SSSR count). The first kappa shape index (κ1) is 16.5. The van der Waals surface area contributed by atoms with Crippen LogP contribution in [0.15, 0.2) is 22.7 Å². The number of aromatic hydroxyl groups is 1. The third kappa shape index (κ3) is 4.23. The molecule has 0 aromatic heterocycles. The number of carbonyl (C=O) groups is 2. The van der Waals surface area contributed by atoms with Crippen molar-refractivity contribution < 1.29 is 19.4 Å². The summed E-state index contributed by atoms with van der Waals surface area (Å²) < 4.78 is 5.74. The van der Waals surface area contributed by atoms with Crippen molar-refractivity contribution >= 4 is 28.3 Å². The van der Waals surface area contributed by atoms with Gasteiger partial charge in [0.15, 0.2) is 0 Å². The van der Waals surface area contributed by atoms with E-state index in [-0.39, 0.29) is 5.75 Å². The Morgan fingerprint density at radius 1 is 1.35 bits per heavy atom. The molecule has 1 amide bonds. The average Bonchev–Trinajstić information content (AvgIpc) is 2.29. The lowest BCUT2D eigenvalue weighted by atomic mass is 9.93. The van der Waals surface area contributed by atoms with E-state index < -0.39 is 17.2 Å². The topological polar surface area (TPSA) is 75.6 Å². The van der Waals surface area contributed by atoms with Gasteiger partial charge in [-0.05, 0) is 45.9 Å². The van der Waals surface area contributed by atoms with Crippen molar-refractivity contribution in [1.82, 2.24) is 5.32 Å². The number of rotatable bonds is 3. The molecule has 0 spiro atoms. The van der Waals surface area contributed by atoms with Crippen molar-refractivity contribution in [2.75, 3.05) is 0 Å². The van der Waals surface area contributed by atoms with Crippen LogP contribution in [0.3, 0.4) is 0 Å². The second-order valence-corrected chi connectivity index (χ2v) is 6.47. The molecule has 0 aliphatic carbocycles. The molecule has 2 N–H and O–H groups in total. The fraction of sp³-hybridized carbons (Fsp3) is 0.429. The zero-order chi connectivity index (χ0) is 15.6. The van der Waals surface area contributed by atoms with E-state index in [4.69, 9.17) is 4.74 Å². The summed E-state index contributed by atoms with van der Waals surface area (Å²) in [4.78, 5) is 23.3. The quantitative estimate of drug-likeness (QED) is 0.827. The molecule has 0 saturated heterocycles. The number of carbonyl (C=O) groups excluding carboxylic acids is 2. The van der Waals surface area contributed by atoms with Crippen LogP contribution in [0.1, 0.15) is 33.3 Å². The molecule has 0 heterocycles. The maximum atomic E-state index is 11.8. The van der Waals surface area contributed by atoms with Gasteiger partial charge in [-0.25, -0.2) is 4.79 Å². The second-order valence-electron chi connectivity index (χ2n) is 5.61. The maximum absolute atomic E-state index is 11.8. The minimum atomic E-state index is -1.31. The van der Waals surface area contributed by atoms with Gasteiger partial charge in [0.05, 0.1) is 0 Å². The lowest BCUT2D eigenvalue weighted by molar-refractivity contribution is -0.113. The fourth-order valence-electron chi connectivity index (χ4n) is 1.59. The molecule has 1 unspecified atom stereocenters. The summed E-state index contributed by atoms with van der Waals surface area (Å²) in [6.07, 6.45) is -0.112.